The van der Waals surface area contributed by atoms with Gasteiger partial charge in [0.25, 0.3) is 5.69 Å². The summed E-state index contributed by atoms with van der Waals surface area (Å²) in [4.78, 5) is 21.1. The van der Waals surface area contributed by atoms with Crippen molar-refractivity contribution >= 4 is 11.7 Å². The Labute approximate surface area is 99.2 Å². The molecule has 0 saturated carbocycles. The minimum Gasteiger partial charge on any atom is -0.481 e. The van der Waals surface area contributed by atoms with Crippen LogP contribution < -0.4 is 0 Å². The van der Waals surface area contributed by atoms with Gasteiger partial charge in [0, 0.05) is 12.1 Å². The van der Waals surface area contributed by atoms with E-state index in [0.717, 1.165) is 11.1 Å². The van der Waals surface area contributed by atoms with Gasteiger partial charge in [-0.3, -0.25) is 14.9 Å². The van der Waals surface area contributed by atoms with Crippen molar-refractivity contribution in [3.63, 3.8) is 0 Å². The van der Waals surface area contributed by atoms with E-state index >= 15 is 0 Å². The lowest BCUT2D eigenvalue weighted by Crippen LogP contribution is -2.08. The molecule has 1 aromatic carbocycles. The highest BCUT2D eigenvalue weighted by molar-refractivity contribution is 5.72. The summed E-state index contributed by atoms with van der Waals surface area (Å²) in [6.07, 6.45) is 1.11. The summed E-state index contributed by atoms with van der Waals surface area (Å²) in [5.41, 5.74) is 2.25. The molecule has 0 saturated heterocycles. The van der Waals surface area contributed by atoms with Crippen molar-refractivity contribution in [3.05, 3.63) is 38.9 Å². The second-order valence-corrected chi connectivity index (χ2v) is 3.78. The van der Waals surface area contributed by atoms with Gasteiger partial charge in [0.1, 0.15) is 0 Å². The average molecular weight is 237 g/mol. The van der Waals surface area contributed by atoms with Gasteiger partial charge >= 0.3 is 5.97 Å². The lowest BCUT2D eigenvalue weighted by molar-refractivity contribution is -0.385. The summed E-state index contributed by atoms with van der Waals surface area (Å²) in [6, 6.07) is 2.94. The molecule has 0 heterocycles. The van der Waals surface area contributed by atoms with E-state index in [1.165, 1.54) is 12.1 Å². The molecule has 92 valence electrons. The zero-order valence-electron chi connectivity index (χ0n) is 9.90. The first-order valence-electron chi connectivity index (χ1n) is 5.50. The molecule has 0 aliphatic carbocycles. The summed E-state index contributed by atoms with van der Waals surface area (Å²) in [7, 11) is 0. The van der Waals surface area contributed by atoms with Gasteiger partial charge in [0.2, 0.25) is 0 Å². The number of nitro groups is 1. The SMILES string of the molecule is CCc1cc([N+](=O)[O-])cc(CC)c1CC(=O)O. The van der Waals surface area contributed by atoms with Crippen LogP contribution in [0.4, 0.5) is 5.69 Å². The van der Waals surface area contributed by atoms with Gasteiger partial charge in [-0.1, -0.05) is 13.8 Å². The van der Waals surface area contributed by atoms with E-state index in [-0.39, 0.29) is 12.1 Å². The molecule has 1 aromatic rings. The molecule has 5 nitrogen and oxygen atoms in total. The Morgan fingerprint density at radius 3 is 2.06 bits per heavy atom. The van der Waals surface area contributed by atoms with Crippen LogP contribution in [0.25, 0.3) is 0 Å². The third-order valence-corrected chi connectivity index (χ3v) is 2.72. The zero-order valence-corrected chi connectivity index (χ0v) is 9.90. The average Bonchev–Trinajstić information content (AvgIpc) is 2.28. The van der Waals surface area contributed by atoms with Crippen LogP contribution in [-0.2, 0) is 24.1 Å². The molecule has 5 heteroatoms. The molecule has 0 unspecified atom stereocenters. The van der Waals surface area contributed by atoms with E-state index in [2.05, 4.69) is 0 Å². The molecule has 0 radical (unpaired) electrons. The van der Waals surface area contributed by atoms with Crippen LogP contribution in [0, 0.1) is 10.1 Å². The molecule has 0 spiro atoms. The molecular weight excluding hydrogens is 222 g/mol. The fourth-order valence-corrected chi connectivity index (χ4v) is 1.89. The number of hydrogen-bond acceptors (Lipinski definition) is 3. The van der Waals surface area contributed by atoms with Crippen LogP contribution in [0.15, 0.2) is 12.1 Å². The highest BCUT2D eigenvalue weighted by Crippen LogP contribution is 2.24. The molecular formula is C12H15NO4. The van der Waals surface area contributed by atoms with Crippen LogP contribution >= 0.6 is 0 Å². The van der Waals surface area contributed by atoms with Crippen LogP contribution in [0.1, 0.15) is 30.5 Å². The van der Waals surface area contributed by atoms with Gasteiger partial charge in [-0.15, -0.1) is 0 Å². The Balaban J connectivity index is 3.35. The number of non-ortho nitro benzene ring substituents is 1. The van der Waals surface area contributed by atoms with E-state index < -0.39 is 10.9 Å². The maximum Gasteiger partial charge on any atom is 0.307 e. The Bertz CT molecular complexity index is 429. The fourth-order valence-electron chi connectivity index (χ4n) is 1.89. The van der Waals surface area contributed by atoms with Crippen molar-refractivity contribution in [3.8, 4) is 0 Å². The Hall–Kier alpha value is -1.91. The minimum atomic E-state index is -0.914. The van der Waals surface area contributed by atoms with Crippen molar-refractivity contribution < 1.29 is 14.8 Å². The van der Waals surface area contributed by atoms with Crippen molar-refractivity contribution in [2.24, 2.45) is 0 Å². The van der Waals surface area contributed by atoms with E-state index in [1.807, 2.05) is 13.8 Å². The molecule has 0 fully saturated rings. The predicted octanol–water partition coefficient (Wildman–Crippen LogP) is 2.35. The summed E-state index contributed by atoms with van der Waals surface area (Å²) in [5, 5.41) is 19.6. The summed E-state index contributed by atoms with van der Waals surface area (Å²) in [5.74, 6) is -0.914. The molecule has 0 aliphatic heterocycles. The first-order valence-corrected chi connectivity index (χ1v) is 5.50. The van der Waals surface area contributed by atoms with Crippen LogP contribution in [-0.4, -0.2) is 16.0 Å². The standard InChI is InChI=1S/C12H15NO4/c1-3-8-5-10(13(16)17)6-9(4-2)11(8)7-12(14)15/h5-6H,3-4,7H2,1-2H3,(H,14,15). The molecule has 1 rings (SSSR count). The Kier molecular flexibility index (Phi) is 4.20. The fraction of sp³-hybridized carbons (Fsp3) is 0.417. The quantitative estimate of drug-likeness (QED) is 0.629. The zero-order chi connectivity index (χ0) is 13.0. The summed E-state index contributed by atoms with van der Waals surface area (Å²) >= 11 is 0. The minimum absolute atomic E-state index is 0.0350. The molecule has 0 aliphatic rings. The maximum atomic E-state index is 10.8. The van der Waals surface area contributed by atoms with Gasteiger partial charge < -0.3 is 5.11 Å². The van der Waals surface area contributed by atoms with E-state index in [4.69, 9.17) is 5.11 Å². The van der Waals surface area contributed by atoms with Gasteiger partial charge in [-0.2, -0.15) is 0 Å². The molecule has 0 amide bonds. The molecule has 0 atom stereocenters. The van der Waals surface area contributed by atoms with Crippen LogP contribution in [0.3, 0.4) is 0 Å². The van der Waals surface area contributed by atoms with Gasteiger partial charge in [-0.05, 0) is 29.5 Å². The van der Waals surface area contributed by atoms with E-state index in [0.29, 0.717) is 18.4 Å². The smallest absolute Gasteiger partial charge is 0.307 e. The summed E-state index contributed by atoms with van der Waals surface area (Å²) in [6.45, 7) is 3.73. The van der Waals surface area contributed by atoms with Crippen LogP contribution in [0.5, 0.6) is 0 Å². The molecule has 17 heavy (non-hydrogen) atoms. The number of nitro benzene ring substituents is 1. The first kappa shape index (κ1) is 13.2. The summed E-state index contributed by atoms with van der Waals surface area (Å²) < 4.78 is 0. The molecule has 1 N–H and O–H groups in total. The Morgan fingerprint density at radius 1 is 1.29 bits per heavy atom. The number of aliphatic carboxylic acids is 1. The number of benzene rings is 1. The highest BCUT2D eigenvalue weighted by Gasteiger charge is 2.16. The normalized spacial score (nSPS) is 10.2. The van der Waals surface area contributed by atoms with Gasteiger partial charge in [0.05, 0.1) is 11.3 Å². The number of rotatable bonds is 5. The van der Waals surface area contributed by atoms with Crippen molar-refractivity contribution in [2.75, 3.05) is 0 Å². The van der Waals surface area contributed by atoms with Gasteiger partial charge in [0.15, 0.2) is 0 Å². The number of carbonyl (C=O) groups is 1. The third kappa shape index (κ3) is 3.03. The lowest BCUT2D eigenvalue weighted by atomic mass is 9.94. The number of hydrogen-bond donors (Lipinski definition) is 1. The number of aryl methyl sites for hydroxylation is 2. The van der Waals surface area contributed by atoms with E-state index in [1.54, 1.807) is 0 Å². The number of carboxylic acids is 1. The second-order valence-electron chi connectivity index (χ2n) is 3.78. The first-order chi connectivity index (χ1) is 7.99. The molecule has 0 bridgehead atoms. The number of nitrogens with zero attached hydrogens (tertiary/aromatic N) is 1. The van der Waals surface area contributed by atoms with Crippen molar-refractivity contribution in [1.82, 2.24) is 0 Å². The second kappa shape index (κ2) is 5.43. The third-order valence-electron chi connectivity index (χ3n) is 2.72. The van der Waals surface area contributed by atoms with Crippen LogP contribution in [0.2, 0.25) is 0 Å². The monoisotopic (exact) mass is 237 g/mol. The predicted molar refractivity (Wildman–Crippen MR) is 63.2 cm³/mol. The number of carboxylic acid groups (broad SMARTS) is 1. The van der Waals surface area contributed by atoms with Crippen molar-refractivity contribution in [1.29, 1.82) is 0 Å². The molecule has 0 aromatic heterocycles. The Morgan fingerprint density at radius 2 is 1.76 bits per heavy atom. The van der Waals surface area contributed by atoms with Gasteiger partial charge in [-0.25, -0.2) is 0 Å². The lowest BCUT2D eigenvalue weighted by Gasteiger charge is -2.11. The largest absolute Gasteiger partial charge is 0.481 e. The topological polar surface area (TPSA) is 80.4 Å². The van der Waals surface area contributed by atoms with E-state index in [9.17, 15) is 14.9 Å². The highest BCUT2D eigenvalue weighted by atomic mass is 16.6. The van der Waals surface area contributed by atoms with Crippen molar-refractivity contribution in [2.45, 2.75) is 33.1 Å². The maximum absolute atomic E-state index is 10.8.